The van der Waals surface area contributed by atoms with Gasteiger partial charge < -0.3 is 15.2 Å². The molecule has 1 aliphatic rings. The number of ether oxygens (including phenoxy) is 1. The highest BCUT2D eigenvalue weighted by atomic mass is 32.1. The number of anilines is 1. The van der Waals surface area contributed by atoms with Crippen LogP contribution in [0.2, 0.25) is 0 Å². The first kappa shape index (κ1) is 11.8. The molecular weight excluding hydrogens is 226 g/mol. The Morgan fingerprint density at radius 3 is 3.06 bits per heavy atom. The van der Waals surface area contributed by atoms with Gasteiger partial charge in [-0.05, 0) is 19.3 Å². The van der Waals surface area contributed by atoms with Gasteiger partial charge in [-0.2, -0.15) is 4.37 Å². The van der Waals surface area contributed by atoms with Crippen LogP contribution in [0.25, 0.3) is 0 Å². The van der Waals surface area contributed by atoms with E-state index in [-0.39, 0.29) is 6.61 Å². The van der Waals surface area contributed by atoms with Crippen LogP contribution in [0, 0.1) is 0 Å². The molecule has 0 atom stereocenters. The smallest absolute Gasteiger partial charge is 0.202 e. The van der Waals surface area contributed by atoms with Crippen molar-refractivity contribution in [2.45, 2.75) is 25.2 Å². The van der Waals surface area contributed by atoms with Crippen LogP contribution in [-0.2, 0) is 4.74 Å². The van der Waals surface area contributed by atoms with Crippen LogP contribution < -0.4 is 5.32 Å². The van der Waals surface area contributed by atoms with Gasteiger partial charge in [0.2, 0.25) is 5.13 Å². The van der Waals surface area contributed by atoms with Crippen molar-refractivity contribution >= 4 is 16.7 Å². The number of rotatable bonds is 8. The van der Waals surface area contributed by atoms with Gasteiger partial charge >= 0.3 is 0 Å². The first-order chi connectivity index (χ1) is 7.90. The number of nitrogens with one attached hydrogen (secondary N) is 1. The van der Waals surface area contributed by atoms with Crippen LogP contribution >= 0.6 is 11.5 Å². The topological polar surface area (TPSA) is 67.3 Å². The molecule has 0 bridgehead atoms. The zero-order chi connectivity index (χ0) is 11.2. The Hall–Kier alpha value is -0.720. The Morgan fingerprint density at radius 1 is 1.44 bits per heavy atom. The quantitative estimate of drug-likeness (QED) is 0.672. The van der Waals surface area contributed by atoms with Crippen molar-refractivity contribution < 1.29 is 9.84 Å². The lowest BCUT2D eigenvalue weighted by molar-refractivity contribution is 0.0922. The van der Waals surface area contributed by atoms with E-state index in [1.54, 1.807) is 0 Å². The van der Waals surface area contributed by atoms with Gasteiger partial charge in [0.25, 0.3) is 0 Å². The fraction of sp³-hybridized carbons (Fsp3) is 0.800. The Morgan fingerprint density at radius 2 is 2.31 bits per heavy atom. The maximum absolute atomic E-state index is 8.50. The van der Waals surface area contributed by atoms with Gasteiger partial charge in [-0.25, -0.2) is 4.98 Å². The summed E-state index contributed by atoms with van der Waals surface area (Å²) in [4.78, 5) is 4.42. The van der Waals surface area contributed by atoms with E-state index < -0.39 is 0 Å². The third-order valence-electron chi connectivity index (χ3n) is 2.36. The maximum Gasteiger partial charge on any atom is 0.202 e. The summed E-state index contributed by atoms with van der Waals surface area (Å²) in [6.07, 6.45) is 3.40. The standard InChI is InChI=1S/C10H17N3O2S/c14-5-7-15-6-1-4-11-10-12-9(13-16-10)8-2-3-8/h8,14H,1-7H2,(H,11,12,13). The first-order valence-electron chi connectivity index (χ1n) is 5.66. The second-order valence-electron chi connectivity index (χ2n) is 3.85. The molecule has 0 aliphatic heterocycles. The minimum absolute atomic E-state index is 0.0918. The van der Waals surface area contributed by atoms with Gasteiger partial charge in [0.05, 0.1) is 13.2 Å². The molecule has 0 saturated heterocycles. The summed E-state index contributed by atoms with van der Waals surface area (Å²) in [6, 6.07) is 0. The van der Waals surface area contributed by atoms with Gasteiger partial charge in [-0.15, -0.1) is 0 Å². The predicted octanol–water partition coefficient (Wildman–Crippen LogP) is 1.23. The van der Waals surface area contributed by atoms with Crippen molar-refractivity contribution in [3.63, 3.8) is 0 Å². The van der Waals surface area contributed by atoms with Crippen LogP contribution in [-0.4, -0.2) is 40.8 Å². The Balaban J connectivity index is 1.57. The van der Waals surface area contributed by atoms with E-state index in [0.717, 1.165) is 23.9 Å². The molecule has 6 heteroatoms. The average Bonchev–Trinajstić information content (AvgIpc) is 3.04. The molecule has 0 amide bonds. The Kier molecular flexibility index (Phi) is 4.50. The van der Waals surface area contributed by atoms with Crippen molar-refractivity contribution in [2.75, 3.05) is 31.7 Å². The molecule has 1 aromatic heterocycles. The van der Waals surface area contributed by atoms with Crippen LogP contribution in [0.4, 0.5) is 5.13 Å². The van der Waals surface area contributed by atoms with E-state index in [1.807, 2.05) is 0 Å². The van der Waals surface area contributed by atoms with Gasteiger partial charge in [-0.3, -0.25) is 0 Å². The molecule has 1 saturated carbocycles. The lowest BCUT2D eigenvalue weighted by Gasteiger charge is -2.02. The molecule has 5 nitrogen and oxygen atoms in total. The molecule has 0 aromatic carbocycles. The molecule has 16 heavy (non-hydrogen) atoms. The lowest BCUT2D eigenvalue weighted by atomic mass is 10.4. The minimum Gasteiger partial charge on any atom is -0.394 e. The van der Waals surface area contributed by atoms with Crippen LogP contribution in [0.15, 0.2) is 0 Å². The highest BCUT2D eigenvalue weighted by Crippen LogP contribution is 2.39. The van der Waals surface area contributed by atoms with Gasteiger partial charge in [0.15, 0.2) is 0 Å². The number of aromatic nitrogens is 2. The number of nitrogens with zero attached hydrogens (tertiary/aromatic N) is 2. The molecule has 90 valence electrons. The molecule has 1 aliphatic carbocycles. The van der Waals surface area contributed by atoms with E-state index in [4.69, 9.17) is 9.84 Å². The molecular formula is C10H17N3O2S. The number of aliphatic hydroxyl groups is 1. The van der Waals surface area contributed by atoms with Gasteiger partial charge in [-0.1, -0.05) is 0 Å². The minimum atomic E-state index is 0.0918. The maximum atomic E-state index is 8.50. The number of aliphatic hydroxyl groups excluding tert-OH is 1. The fourth-order valence-corrected chi connectivity index (χ4v) is 2.02. The zero-order valence-electron chi connectivity index (χ0n) is 9.19. The normalized spacial score (nSPS) is 15.3. The summed E-state index contributed by atoms with van der Waals surface area (Å²) in [7, 11) is 0. The third-order valence-corrected chi connectivity index (χ3v) is 3.05. The summed E-state index contributed by atoms with van der Waals surface area (Å²) in [5, 5.41) is 12.6. The Labute approximate surface area is 99.0 Å². The van der Waals surface area contributed by atoms with Crippen molar-refractivity contribution in [1.82, 2.24) is 9.36 Å². The summed E-state index contributed by atoms with van der Waals surface area (Å²) >= 11 is 1.43. The van der Waals surface area contributed by atoms with E-state index in [0.29, 0.717) is 19.1 Å². The number of hydrogen-bond donors (Lipinski definition) is 2. The second-order valence-corrected chi connectivity index (χ2v) is 4.60. The fourth-order valence-electron chi connectivity index (χ4n) is 1.35. The summed E-state index contributed by atoms with van der Waals surface area (Å²) < 4.78 is 9.46. The van der Waals surface area contributed by atoms with E-state index in [1.165, 1.54) is 24.4 Å². The van der Waals surface area contributed by atoms with E-state index >= 15 is 0 Å². The highest BCUT2D eigenvalue weighted by Gasteiger charge is 2.27. The second kappa shape index (κ2) is 6.12. The van der Waals surface area contributed by atoms with E-state index in [9.17, 15) is 0 Å². The first-order valence-corrected chi connectivity index (χ1v) is 6.43. The largest absolute Gasteiger partial charge is 0.394 e. The molecule has 1 aromatic rings. The molecule has 1 fully saturated rings. The Bertz CT molecular complexity index is 315. The molecule has 2 rings (SSSR count). The van der Waals surface area contributed by atoms with Crippen molar-refractivity contribution in [3.8, 4) is 0 Å². The highest BCUT2D eigenvalue weighted by molar-refractivity contribution is 7.09. The lowest BCUT2D eigenvalue weighted by Crippen LogP contribution is -2.07. The van der Waals surface area contributed by atoms with Crippen molar-refractivity contribution in [2.24, 2.45) is 0 Å². The average molecular weight is 243 g/mol. The predicted molar refractivity (Wildman–Crippen MR) is 62.9 cm³/mol. The summed E-state index contributed by atoms with van der Waals surface area (Å²) in [5.41, 5.74) is 0. The number of hydrogen-bond acceptors (Lipinski definition) is 6. The van der Waals surface area contributed by atoms with Crippen LogP contribution in [0.1, 0.15) is 31.0 Å². The molecule has 2 N–H and O–H groups in total. The van der Waals surface area contributed by atoms with Gasteiger partial charge in [0.1, 0.15) is 5.82 Å². The molecule has 0 unspecified atom stereocenters. The summed E-state index contributed by atoms with van der Waals surface area (Å²) in [5.74, 6) is 1.63. The molecule has 0 radical (unpaired) electrons. The van der Waals surface area contributed by atoms with Crippen LogP contribution in [0.3, 0.4) is 0 Å². The summed E-state index contributed by atoms with van der Waals surface area (Å²) in [6.45, 7) is 2.02. The molecule has 0 spiro atoms. The van der Waals surface area contributed by atoms with Crippen LogP contribution in [0.5, 0.6) is 0 Å². The third kappa shape index (κ3) is 3.70. The zero-order valence-corrected chi connectivity index (χ0v) is 10.0. The van der Waals surface area contributed by atoms with Gasteiger partial charge in [0, 0.05) is 30.6 Å². The monoisotopic (exact) mass is 243 g/mol. The van der Waals surface area contributed by atoms with Crippen molar-refractivity contribution in [1.29, 1.82) is 0 Å². The van der Waals surface area contributed by atoms with E-state index in [2.05, 4.69) is 14.7 Å². The molecule has 1 heterocycles. The SMILES string of the molecule is OCCOCCCNc1nc(C2CC2)ns1. The van der Waals surface area contributed by atoms with Crippen molar-refractivity contribution in [3.05, 3.63) is 5.82 Å².